The highest BCUT2D eigenvalue weighted by Gasteiger charge is 2.32. The molecule has 0 bridgehead atoms. The van der Waals surface area contributed by atoms with Crippen LogP contribution in [0.1, 0.15) is 19.4 Å². The molecule has 0 fully saturated rings. The molecule has 106 valence electrons. The minimum atomic E-state index is -1.69. The van der Waals surface area contributed by atoms with Crippen LogP contribution in [0.15, 0.2) is 18.2 Å². The van der Waals surface area contributed by atoms with E-state index in [0.29, 0.717) is 11.5 Å². The summed E-state index contributed by atoms with van der Waals surface area (Å²) in [5, 5.41) is 9.87. The maximum Gasteiger partial charge on any atom is 0.341 e. The van der Waals surface area contributed by atoms with E-state index in [-0.39, 0.29) is 6.61 Å². The Morgan fingerprint density at radius 3 is 2.53 bits per heavy atom. The number of carbonyl (C=O) groups is 1. The van der Waals surface area contributed by atoms with Gasteiger partial charge in [-0.15, -0.1) is 0 Å². The third-order valence-corrected chi connectivity index (χ3v) is 2.77. The van der Waals surface area contributed by atoms with Gasteiger partial charge in [0.1, 0.15) is 6.61 Å². The van der Waals surface area contributed by atoms with Gasteiger partial charge in [0.25, 0.3) is 0 Å². The molecule has 0 heterocycles. The lowest BCUT2D eigenvalue weighted by atomic mass is 10.1. The predicted molar refractivity (Wildman–Crippen MR) is 70.5 cm³/mol. The van der Waals surface area contributed by atoms with Crippen molar-refractivity contribution in [2.24, 2.45) is 0 Å². The molecule has 1 atom stereocenters. The average Bonchev–Trinajstić information content (AvgIpc) is 2.43. The van der Waals surface area contributed by atoms with Crippen LogP contribution in [0.4, 0.5) is 0 Å². The van der Waals surface area contributed by atoms with Crippen LogP contribution in [0.2, 0.25) is 0 Å². The van der Waals surface area contributed by atoms with E-state index in [0.717, 1.165) is 12.0 Å². The second-order valence-electron chi connectivity index (χ2n) is 4.39. The number of aryl methyl sites for hydroxylation is 1. The molecule has 19 heavy (non-hydrogen) atoms. The van der Waals surface area contributed by atoms with Crippen molar-refractivity contribution in [2.45, 2.75) is 25.9 Å². The summed E-state index contributed by atoms with van der Waals surface area (Å²) in [5.41, 5.74) is -0.577. The maximum absolute atomic E-state index is 11.3. The maximum atomic E-state index is 11.3. The first kappa shape index (κ1) is 15.3. The van der Waals surface area contributed by atoms with Crippen molar-refractivity contribution in [2.75, 3.05) is 20.8 Å². The van der Waals surface area contributed by atoms with Crippen molar-refractivity contribution in [3.05, 3.63) is 23.8 Å². The molecular formula is C14H20O5. The molecule has 0 aliphatic heterocycles. The highest BCUT2D eigenvalue weighted by molar-refractivity contribution is 5.78. The van der Waals surface area contributed by atoms with E-state index in [9.17, 15) is 9.90 Å². The fraction of sp³-hybridized carbons (Fsp3) is 0.500. The van der Waals surface area contributed by atoms with Crippen LogP contribution in [-0.4, -0.2) is 37.5 Å². The van der Waals surface area contributed by atoms with Crippen molar-refractivity contribution < 1.29 is 24.1 Å². The Labute approximate surface area is 113 Å². The predicted octanol–water partition coefficient (Wildman–Crippen LogP) is 1.56. The number of benzene rings is 1. The van der Waals surface area contributed by atoms with Gasteiger partial charge in [-0.2, -0.15) is 0 Å². The zero-order valence-corrected chi connectivity index (χ0v) is 11.7. The number of esters is 1. The highest BCUT2D eigenvalue weighted by Crippen LogP contribution is 2.29. The molecule has 0 aromatic heterocycles. The van der Waals surface area contributed by atoms with Crippen LogP contribution < -0.4 is 9.47 Å². The van der Waals surface area contributed by atoms with E-state index in [2.05, 4.69) is 4.74 Å². The van der Waals surface area contributed by atoms with Crippen molar-refractivity contribution in [1.29, 1.82) is 0 Å². The first-order chi connectivity index (χ1) is 8.94. The third kappa shape index (κ3) is 3.86. The summed E-state index contributed by atoms with van der Waals surface area (Å²) in [7, 11) is 2.76. The van der Waals surface area contributed by atoms with Gasteiger partial charge in [0, 0.05) is 0 Å². The Morgan fingerprint density at radius 1 is 1.32 bits per heavy atom. The molecule has 5 heteroatoms. The molecule has 0 amide bonds. The van der Waals surface area contributed by atoms with Crippen LogP contribution in [-0.2, 0) is 16.0 Å². The molecule has 5 nitrogen and oxygen atoms in total. The summed E-state index contributed by atoms with van der Waals surface area (Å²) < 4.78 is 15.2. The number of aliphatic hydroxyl groups is 1. The fourth-order valence-electron chi connectivity index (χ4n) is 1.55. The molecule has 1 aromatic rings. The smallest absolute Gasteiger partial charge is 0.341 e. The monoisotopic (exact) mass is 268 g/mol. The van der Waals surface area contributed by atoms with E-state index in [4.69, 9.17) is 9.47 Å². The van der Waals surface area contributed by atoms with Gasteiger partial charge in [0.15, 0.2) is 17.1 Å². The topological polar surface area (TPSA) is 65.0 Å². The van der Waals surface area contributed by atoms with Crippen LogP contribution in [0.3, 0.4) is 0 Å². The molecule has 0 saturated carbocycles. The number of hydrogen-bond donors (Lipinski definition) is 1. The Hall–Kier alpha value is -1.75. The summed E-state index contributed by atoms with van der Waals surface area (Å²) in [6.07, 6.45) is 0.885. The third-order valence-electron chi connectivity index (χ3n) is 2.77. The molecule has 0 aliphatic rings. The molecule has 1 aromatic carbocycles. The van der Waals surface area contributed by atoms with Gasteiger partial charge >= 0.3 is 5.97 Å². The van der Waals surface area contributed by atoms with Gasteiger partial charge in [0.2, 0.25) is 0 Å². The standard InChI is InChI=1S/C14H20O5/c1-5-10-6-7-11(12(8-10)17-3)19-9-14(2,16)13(15)18-4/h6-8,16H,5,9H2,1-4H3. The molecule has 1 unspecified atom stereocenters. The normalized spacial score (nSPS) is 13.5. The summed E-state index contributed by atoms with van der Waals surface area (Å²) in [6, 6.07) is 5.53. The lowest BCUT2D eigenvalue weighted by Crippen LogP contribution is -2.42. The van der Waals surface area contributed by atoms with Gasteiger partial charge in [-0.3, -0.25) is 0 Å². The second kappa shape index (κ2) is 6.43. The first-order valence-electron chi connectivity index (χ1n) is 6.05. The SMILES string of the molecule is CCc1ccc(OCC(C)(O)C(=O)OC)c(OC)c1. The summed E-state index contributed by atoms with van der Waals surface area (Å²) in [4.78, 5) is 11.3. The van der Waals surface area contributed by atoms with E-state index < -0.39 is 11.6 Å². The van der Waals surface area contributed by atoms with E-state index >= 15 is 0 Å². The lowest BCUT2D eigenvalue weighted by Gasteiger charge is -2.21. The van der Waals surface area contributed by atoms with Gasteiger partial charge in [-0.25, -0.2) is 4.79 Å². The molecule has 1 rings (SSSR count). The molecule has 0 radical (unpaired) electrons. The van der Waals surface area contributed by atoms with Crippen molar-refractivity contribution in [3.8, 4) is 11.5 Å². The zero-order valence-electron chi connectivity index (χ0n) is 11.7. The van der Waals surface area contributed by atoms with Crippen LogP contribution in [0.5, 0.6) is 11.5 Å². The highest BCUT2D eigenvalue weighted by atomic mass is 16.6. The minimum Gasteiger partial charge on any atom is -0.493 e. The lowest BCUT2D eigenvalue weighted by molar-refractivity contribution is -0.163. The van der Waals surface area contributed by atoms with E-state index in [1.54, 1.807) is 13.2 Å². The van der Waals surface area contributed by atoms with Gasteiger partial charge in [-0.05, 0) is 31.0 Å². The average molecular weight is 268 g/mol. The number of hydrogen-bond acceptors (Lipinski definition) is 5. The first-order valence-corrected chi connectivity index (χ1v) is 6.05. The van der Waals surface area contributed by atoms with Crippen LogP contribution in [0.25, 0.3) is 0 Å². The van der Waals surface area contributed by atoms with Crippen molar-refractivity contribution in [1.82, 2.24) is 0 Å². The number of ether oxygens (including phenoxy) is 3. The Balaban J connectivity index is 2.80. The fourth-order valence-corrected chi connectivity index (χ4v) is 1.55. The van der Waals surface area contributed by atoms with Crippen molar-refractivity contribution in [3.63, 3.8) is 0 Å². The van der Waals surface area contributed by atoms with Gasteiger partial charge in [-0.1, -0.05) is 13.0 Å². The second-order valence-corrected chi connectivity index (χ2v) is 4.39. The van der Waals surface area contributed by atoms with Gasteiger partial charge < -0.3 is 19.3 Å². The molecule has 1 N–H and O–H groups in total. The quantitative estimate of drug-likeness (QED) is 0.793. The molecule has 0 spiro atoms. The van der Waals surface area contributed by atoms with Gasteiger partial charge in [0.05, 0.1) is 14.2 Å². The Kier molecular flexibility index (Phi) is 5.18. The summed E-state index contributed by atoms with van der Waals surface area (Å²) in [5.74, 6) is 0.306. The summed E-state index contributed by atoms with van der Waals surface area (Å²) in [6.45, 7) is 3.17. The molecule has 0 saturated heterocycles. The summed E-state index contributed by atoms with van der Waals surface area (Å²) >= 11 is 0. The number of carbonyl (C=O) groups excluding carboxylic acids is 1. The largest absolute Gasteiger partial charge is 0.493 e. The minimum absolute atomic E-state index is 0.207. The van der Waals surface area contributed by atoms with E-state index in [1.165, 1.54) is 14.0 Å². The molecular weight excluding hydrogens is 248 g/mol. The zero-order chi connectivity index (χ0) is 14.5. The Morgan fingerprint density at radius 2 is 2.00 bits per heavy atom. The van der Waals surface area contributed by atoms with Crippen molar-refractivity contribution >= 4 is 5.97 Å². The Bertz CT molecular complexity index is 439. The number of methoxy groups -OCH3 is 2. The van der Waals surface area contributed by atoms with Crippen LogP contribution in [0, 0.1) is 0 Å². The molecule has 0 aliphatic carbocycles. The number of rotatable bonds is 6. The van der Waals surface area contributed by atoms with Crippen LogP contribution >= 0.6 is 0 Å². The van der Waals surface area contributed by atoms with E-state index in [1.807, 2.05) is 19.1 Å².